The van der Waals surface area contributed by atoms with Crippen molar-refractivity contribution in [3.63, 3.8) is 0 Å². The molecule has 0 spiro atoms. The van der Waals surface area contributed by atoms with Crippen molar-refractivity contribution >= 4 is 94.6 Å². The fraction of sp³-hybridized carbons (Fsp3) is 0.0233. The summed E-state index contributed by atoms with van der Waals surface area (Å²) in [7, 11) is 6.25. The lowest BCUT2D eigenvalue weighted by Crippen LogP contribution is -2.25. The summed E-state index contributed by atoms with van der Waals surface area (Å²) in [6, 6.07) is 21.5. The number of hydrogen-bond acceptors (Lipinski definition) is 2. The Balaban J connectivity index is 1.46. The molecule has 0 atom stereocenters. The van der Waals surface area contributed by atoms with E-state index in [0.29, 0.717) is 0 Å². The molecule has 48 heavy (non-hydrogen) atoms. The highest BCUT2D eigenvalue weighted by molar-refractivity contribution is 6.50. The number of allylic oxidation sites excluding steroid dienone is 13. The highest BCUT2D eigenvalue weighted by Gasteiger charge is 2.20. The molecule has 1 aliphatic carbocycles. The molecule has 2 nitrogen and oxygen atoms in total. The van der Waals surface area contributed by atoms with Gasteiger partial charge in [-0.3, -0.25) is 0 Å². The van der Waals surface area contributed by atoms with Gasteiger partial charge in [0.2, 0.25) is 0 Å². The van der Waals surface area contributed by atoms with E-state index in [2.05, 4.69) is 114 Å². The Bertz CT molecular complexity index is 2450. The second-order valence-electron chi connectivity index (χ2n) is 12.7. The standard InChI is InChI=1S/C43H35B3O2/c1-4-5-12-26(3)42-32-21-36(44)37(45)22-34(32)43(35-24-39(47)38(46)23-33(35)42)29-16-18-40-31(19-29)30-17-15-28(20-41(30)48-40)27-13-8-6-7-10-25(2)11-9-14-27/h4-12,14-24,47H,1-3,13,44-46H2/b8-6-,10-7-,11-9-,12-5-,27-14+. The second kappa shape index (κ2) is 12.5. The van der Waals surface area contributed by atoms with Gasteiger partial charge >= 0.3 is 0 Å². The van der Waals surface area contributed by atoms with Crippen LogP contribution in [-0.2, 0) is 0 Å². The summed E-state index contributed by atoms with van der Waals surface area (Å²) in [5, 5.41) is 17.4. The molecule has 0 amide bonds. The van der Waals surface area contributed by atoms with Crippen LogP contribution in [-0.4, -0.2) is 28.6 Å². The van der Waals surface area contributed by atoms with Gasteiger partial charge in [-0.05, 0) is 103 Å². The lowest BCUT2D eigenvalue weighted by molar-refractivity contribution is 0.480. The Labute approximate surface area is 284 Å². The van der Waals surface area contributed by atoms with E-state index in [1.165, 1.54) is 16.5 Å². The van der Waals surface area contributed by atoms with Crippen molar-refractivity contribution in [2.45, 2.75) is 6.42 Å². The van der Waals surface area contributed by atoms with E-state index in [1.54, 1.807) is 6.08 Å². The Morgan fingerprint density at radius 2 is 1.44 bits per heavy atom. The van der Waals surface area contributed by atoms with Gasteiger partial charge in [0, 0.05) is 10.8 Å². The monoisotopic (exact) mass is 616 g/mol. The third-order valence-corrected chi connectivity index (χ3v) is 9.44. The largest absolute Gasteiger partial charge is 0.509 e. The molecule has 1 heterocycles. The first-order valence-electron chi connectivity index (χ1n) is 16.3. The van der Waals surface area contributed by atoms with Crippen molar-refractivity contribution in [1.29, 1.82) is 0 Å². The van der Waals surface area contributed by atoms with Crippen molar-refractivity contribution in [1.82, 2.24) is 0 Å². The fourth-order valence-corrected chi connectivity index (χ4v) is 6.77. The Kier molecular flexibility index (Phi) is 8.07. The maximum Gasteiger partial charge on any atom is 0.144 e. The van der Waals surface area contributed by atoms with E-state index in [-0.39, 0.29) is 5.75 Å². The van der Waals surface area contributed by atoms with Crippen LogP contribution >= 0.6 is 0 Å². The number of phenolic OH excluding ortho intramolecular Hbond substituents is 1. The third kappa shape index (κ3) is 5.52. The minimum Gasteiger partial charge on any atom is -0.509 e. The predicted molar refractivity (Wildman–Crippen MR) is 218 cm³/mol. The first-order valence-corrected chi connectivity index (χ1v) is 16.3. The van der Waals surface area contributed by atoms with Gasteiger partial charge in [0.15, 0.2) is 0 Å². The molecule has 1 aromatic heterocycles. The minimum absolute atomic E-state index is 0.271. The van der Waals surface area contributed by atoms with Crippen molar-refractivity contribution in [3.05, 3.63) is 158 Å². The molecule has 1 aliphatic rings. The van der Waals surface area contributed by atoms with Crippen LogP contribution in [0.15, 0.2) is 151 Å². The third-order valence-electron chi connectivity index (χ3n) is 9.44. The number of phenols is 1. The van der Waals surface area contributed by atoms with Gasteiger partial charge in [-0.15, -0.1) is 0 Å². The molecule has 228 valence electrons. The molecule has 0 unspecified atom stereocenters. The molecule has 5 aromatic carbocycles. The van der Waals surface area contributed by atoms with Crippen LogP contribution in [0.4, 0.5) is 0 Å². The quantitative estimate of drug-likeness (QED) is 0.131. The minimum atomic E-state index is 0.271. The van der Waals surface area contributed by atoms with Gasteiger partial charge in [0.05, 0.1) is 0 Å². The number of rotatable bonds is 5. The molecule has 7 rings (SSSR count). The van der Waals surface area contributed by atoms with E-state index in [0.717, 1.165) is 88.8 Å². The zero-order valence-electron chi connectivity index (χ0n) is 27.7. The fourth-order valence-electron chi connectivity index (χ4n) is 6.77. The van der Waals surface area contributed by atoms with Crippen LogP contribution in [0.3, 0.4) is 0 Å². The highest BCUT2D eigenvalue weighted by atomic mass is 16.3. The van der Waals surface area contributed by atoms with Gasteiger partial charge in [0.25, 0.3) is 0 Å². The van der Waals surface area contributed by atoms with Crippen LogP contribution in [0, 0.1) is 0 Å². The first kappa shape index (κ1) is 31.0. The molecule has 0 saturated heterocycles. The molecule has 0 aliphatic heterocycles. The zero-order valence-corrected chi connectivity index (χ0v) is 27.7. The van der Waals surface area contributed by atoms with E-state index in [1.807, 2.05) is 44.3 Å². The summed E-state index contributed by atoms with van der Waals surface area (Å²) >= 11 is 0. The van der Waals surface area contributed by atoms with Crippen molar-refractivity contribution < 1.29 is 9.52 Å². The average molecular weight is 616 g/mol. The van der Waals surface area contributed by atoms with Gasteiger partial charge in [0.1, 0.15) is 40.5 Å². The molecule has 6 aromatic rings. The Morgan fingerprint density at radius 1 is 0.729 bits per heavy atom. The number of hydrogen-bond donors (Lipinski definition) is 1. The normalized spacial score (nSPS) is 16.8. The first-order chi connectivity index (χ1) is 23.2. The molecular formula is C43H35B3O2. The molecule has 0 fully saturated rings. The Hall–Kier alpha value is -5.67. The summed E-state index contributed by atoms with van der Waals surface area (Å²) in [6.07, 6.45) is 21.0. The molecule has 1 N–H and O–H groups in total. The van der Waals surface area contributed by atoms with Crippen molar-refractivity contribution in [2.75, 3.05) is 0 Å². The lowest BCUT2D eigenvalue weighted by atomic mass is 9.75. The van der Waals surface area contributed by atoms with E-state index < -0.39 is 0 Å². The zero-order chi connectivity index (χ0) is 33.5. The molecule has 5 heteroatoms. The molecule has 0 saturated carbocycles. The summed E-state index contributed by atoms with van der Waals surface area (Å²) < 4.78 is 6.47. The summed E-state index contributed by atoms with van der Waals surface area (Å²) in [5.41, 5.74) is 12.3. The van der Waals surface area contributed by atoms with Crippen LogP contribution in [0.25, 0.3) is 65.8 Å². The molecular weight excluding hydrogens is 581 g/mol. The van der Waals surface area contributed by atoms with Crippen LogP contribution in [0.2, 0.25) is 0 Å². The SMILES string of the molecule is Bc1cc2c(C(=C)/C=C\C=C)c3cc(B)c(O)cc3c(-c3ccc4oc5cc(/C6=C/C=C\C(=C)/C=C\C=C/C6)ccc5c4c3)c2cc1B. The Morgan fingerprint density at radius 3 is 2.23 bits per heavy atom. The second-order valence-corrected chi connectivity index (χ2v) is 12.7. The summed E-state index contributed by atoms with van der Waals surface area (Å²) in [5.74, 6) is 0.271. The van der Waals surface area contributed by atoms with E-state index in [4.69, 9.17) is 4.42 Å². The topological polar surface area (TPSA) is 33.4 Å². The molecule has 0 radical (unpaired) electrons. The number of fused-ring (bicyclic) bond motifs is 5. The number of furan rings is 1. The van der Waals surface area contributed by atoms with Crippen LogP contribution < -0.4 is 16.4 Å². The van der Waals surface area contributed by atoms with Gasteiger partial charge in [-0.25, -0.2) is 0 Å². The van der Waals surface area contributed by atoms with E-state index >= 15 is 0 Å². The van der Waals surface area contributed by atoms with Gasteiger partial charge < -0.3 is 9.52 Å². The number of aromatic hydroxyl groups is 1. The van der Waals surface area contributed by atoms with Crippen molar-refractivity contribution in [3.8, 4) is 16.9 Å². The van der Waals surface area contributed by atoms with Gasteiger partial charge in [-0.2, -0.15) is 0 Å². The maximum absolute atomic E-state index is 11.0. The maximum atomic E-state index is 11.0. The van der Waals surface area contributed by atoms with Crippen molar-refractivity contribution in [2.24, 2.45) is 0 Å². The summed E-state index contributed by atoms with van der Waals surface area (Å²) in [4.78, 5) is 0. The smallest absolute Gasteiger partial charge is 0.144 e. The molecule has 0 bridgehead atoms. The van der Waals surface area contributed by atoms with Crippen LogP contribution in [0.5, 0.6) is 5.75 Å². The predicted octanol–water partition coefficient (Wildman–Crippen LogP) is 6.81. The van der Waals surface area contributed by atoms with Gasteiger partial charge in [-0.1, -0.05) is 122 Å². The van der Waals surface area contributed by atoms with E-state index in [9.17, 15) is 5.11 Å². The lowest BCUT2D eigenvalue weighted by Gasteiger charge is -2.20. The van der Waals surface area contributed by atoms with Crippen LogP contribution in [0.1, 0.15) is 17.5 Å². The number of benzene rings is 5. The highest BCUT2D eigenvalue weighted by Crippen LogP contribution is 2.43. The average Bonchev–Trinajstić information content (AvgIpc) is 3.44. The summed E-state index contributed by atoms with van der Waals surface area (Å²) in [6.45, 7) is 12.4.